The first-order chi connectivity index (χ1) is 9.58. The highest BCUT2D eigenvalue weighted by Crippen LogP contribution is 2.32. The van der Waals surface area contributed by atoms with Gasteiger partial charge >= 0.3 is 5.97 Å². The standard InChI is InChI=1S/C12H16N2O5S/c1-3-10-14(9(6-20-10)12(16)17)11(15)8-4-7(5-18-2)19-13-8/h4,9-10H,3,5-6H2,1-2H3,(H,16,17). The van der Waals surface area contributed by atoms with Gasteiger partial charge in [-0.3, -0.25) is 4.79 Å². The van der Waals surface area contributed by atoms with Crippen LogP contribution in [0.3, 0.4) is 0 Å². The Hall–Kier alpha value is -1.54. The maximum absolute atomic E-state index is 12.4. The van der Waals surface area contributed by atoms with E-state index < -0.39 is 17.9 Å². The summed E-state index contributed by atoms with van der Waals surface area (Å²) < 4.78 is 9.86. The van der Waals surface area contributed by atoms with Gasteiger partial charge in [-0.15, -0.1) is 11.8 Å². The number of rotatable bonds is 5. The number of carboxylic acid groups (broad SMARTS) is 1. The van der Waals surface area contributed by atoms with Crippen LogP contribution in [0.15, 0.2) is 10.6 Å². The Morgan fingerprint density at radius 2 is 2.40 bits per heavy atom. The van der Waals surface area contributed by atoms with Gasteiger partial charge in [0.15, 0.2) is 11.5 Å². The SMILES string of the molecule is CCC1SCC(C(=O)O)N1C(=O)c1cc(COC)on1. The summed E-state index contributed by atoms with van der Waals surface area (Å²) in [7, 11) is 1.51. The molecule has 0 bridgehead atoms. The minimum Gasteiger partial charge on any atom is -0.480 e. The van der Waals surface area contributed by atoms with Crippen LogP contribution in [0.25, 0.3) is 0 Å². The molecule has 1 fully saturated rings. The average Bonchev–Trinajstić information content (AvgIpc) is 3.04. The van der Waals surface area contributed by atoms with E-state index in [1.54, 1.807) is 0 Å². The van der Waals surface area contributed by atoms with Crippen molar-refractivity contribution in [3.05, 3.63) is 17.5 Å². The van der Waals surface area contributed by atoms with E-state index in [1.165, 1.54) is 29.8 Å². The molecular formula is C12H16N2O5S. The van der Waals surface area contributed by atoms with E-state index in [2.05, 4.69) is 5.16 Å². The van der Waals surface area contributed by atoms with Gasteiger partial charge in [-0.05, 0) is 6.42 Å². The first kappa shape index (κ1) is 14.9. The molecule has 1 aliphatic rings. The van der Waals surface area contributed by atoms with E-state index in [9.17, 15) is 14.7 Å². The highest BCUT2D eigenvalue weighted by Gasteiger charge is 2.41. The van der Waals surface area contributed by atoms with Crippen LogP contribution in [0, 0.1) is 0 Å². The molecule has 110 valence electrons. The summed E-state index contributed by atoms with van der Waals surface area (Å²) in [5, 5.41) is 12.8. The molecule has 1 amide bonds. The van der Waals surface area contributed by atoms with Crippen LogP contribution in [-0.2, 0) is 16.1 Å². The van der Waals surface area contributed by atoms with E-state index in [1.807, 2.05) is 6.92 Å². The number of nitrogens with zero attached hydrogens (tertiary/aromatic N) is 2. The molecule has 1 saturated heterocycles. The molecule has 7 nitrogen and oxygen atoms in total. The van der Waals surface area contributed by atoms with Crippen LogP contribution < -0.4 is 0 Å². The number of methoxy groups -OCH3 is 1. The Morgan fingerprint density at radius 3 is 3.00 bits per heavy atom. The summed E-state index contributed by atoms with van der Waals surface area (Å²) in [6, 6.07) is 0.667. The quantitative estimate of drug-likeness (QED) is 0.873. The van der Waals surface area contributed by atoms with E-state index >= 15 is 0 Å². The normalized spacial score (nSPS) is 22.2. The predicted octanol–water partition coefficient (Wildman–Crippen LogP) is 1.20. The van der Waals surface area contributed by atoms with Crippen LogP contribution in [0.1, 0.15) is 29.6 Å². The Kier molecular flexibility index (Phi) is 4.66. The van der Waals surface area contributed by atoms with Gasteiger partial charge < -0.3 is 19.3 Å². The van der Waals surface area contributed by atoms with Gasteiger partial charge in [0.25, 0.3) is 5.91 Å². The maximum Gasteiger partial charge on any atom is 0.327 e. The fraction of sp³-hybridized carbons (Fsp3) is 0.583. The van der Waals surface area contributed by atoms with Gasteiger partial charge in [0.05, 0.1) is 5.37 Å². The molecule has 0 spiro atoms. The first-order valence-electron chi connectivity index (χ1n) is 6.20. The monoisotopic (exact) mass is 300 g/mol. The molecule has 2 rings (SSSR count). The van der Waals surface area contributed by atoms with Crippen molar-refractivity contribution in [2.45, 2.75) is 31.4 Å². The van der Waals surface area contributed by atoms with Crippen LogP contribution in [0.5, 0.6) is 0 Å². The number of thioether (sulfide) groups is 1. The minimum absolute atomic E-state index is 0.115. The molecule has 0 radical (unpaired) electrons. The number of aromatic nitrogens is 1. The second kappa shape index (κ2) is 6.27. The summed E-state index contributed by atoms with van der Waals surface area (Å²) in [5.41, 5.74) is 0.115. The molecule has 20 heavy (non-hydrogen) atoms. The number of carboxylic acids is 1. The van der Waals surface area contributed by atoms with Gasteiger partial charge in [0.1, 0.15) is 12.6 Å². The Labute approximate surface area is 120 Å². The Morgan fingerprint density at radius 1 is 1.65 bits per heavy atom. The summed E-state index contributed by atoms with van der Waals surface area (Å²) in [6.45, 7) is 2.13. The number of amides is 1. The number of carbonyl (C=O) groups excluding carboxylic acids is 1. The molecule has 2 atom stereocenters. The third kappa shape index (κ3) is 2.80. The van der Waals surface area contributed by atoms with Crippen molar-refractivity contribution in [1.29, 1.82) is 0 Å². The molecule has 1 N–H and O–H groups in total. The number of carbonyl (C=O) groups is 2. The minimum atomic E-state index is -0.998. The van der Waals surface area contributed by atoms with Crippen LogP contribution in [-0.4, -0.2) is 51.3 Å². The molecule has 1 aliphatic heterocycles. The first-order valence-corrected chi connectivity index (χ1v) is 7.25. The number of hydrogen-bond acceptors (Lipinski definition) is 6. The molecule has 1 aromatic heterocycles. The van der Waals surface area contributed by atoms with Gasteiger partial charge in [-0.25, -0.2) is 4.79 Å². The number of aliphatic carboxylic acids is 1. The highest BCUT2D eigenvalue weighted by molar-refractivity contribution is 8.00. The zero-order chi connectivity index (χ0) is 14.7. The van der Waals surface area contributed by atoms with E-state index in [4.69, 9.17) is 9.26 Å². The van der Waals surface area contributed by atoms with Crippen LogP contribution in [0.4, 0.5) is 0 Å². The Bertz CT molecular complexity index is 504. The van der Waals surface area contributed by atoms with Gasteiger partial charge in [-0.1, -0.05) is 12.1 Å². The lowest BCUT2D eigenvalue weighted by molar-refractivity contribution is -0.141. The van der Waals surface area contributed by atoms with Crippen molar-refractivity contribution in [1.82, 2.24) is 10.1 Å². The largest absolute Gasteiger partial charge is 0.480 e. The number of hydrogen-bond donors (Lipinski definition) is 1. The van der Waals surface area contributed by atoms with Crippen molar-refractivity contribution in [2.24, 2.45) is 0 Å². The van der Waals surface area contributed by atoms with Crippen molar-refractivity contribution in [2.75, 3.05) is 12.9 Å². The Balaban J connectivity index is 2.21. The van der Waals surface area contributed by atoms with Crippen LogP contribution >= 0.6 is 11.8 Å². The molecule has 8 heteroatoms. The molecule has 0 aliphatic carbocycles. The topological polar surface area (TPSA) is 92.9 Å². The van der Waals surface area contributed by atoms with Crippen molar-refractivity contribution in [3.63, 3.8) is 0 Å². The smallest absolute Gasteiger partial charge is 0.327 e. The summed E-state index contributed by atoms with van der Waals surface area (Å²) in [5.74, 6) is -0.590. The second-order valence-corrected chi connectivity index (χ2v) is 5.58. The fourth-order valence-electron chi connectivity index (χ4n) is 2.10. The summed E-state index contributed by atoms with van der Waals surface area (Å²) in [6.07, 6.45) is 0.683. The maximum atomic E-state index is 12.4. The highest BCUT2D eigenvalue weighted by atomic mass is 32.2. The zero-order valence-electron chi connectivity index (χ0n) is 11.2. The van der Waals surface area contributed by atoms with Gasteiger partial charge in [0, 0.05) is 18.9 Å². The fourth-order valence-corrected chi connectivity index (χ4v) is 3.44. The lowest BCUT2D eigenvalue weighted by Crippen LogP contribution is -2.45. The van der Waals surface area contributed by atoms with Crippen molar-refractivity contribution < 1.29 is 24.0 Å². The second-order valence-electron chi connectivity index (χ2n) is 4.37. The third-order valence-corrected chi connectivity index (χ3v) is 4.48. The van der Waals surface area contributed by atoms with E-state index in [0.717, 1.165) is 0 Å². The average molecular weight is 300 g/mol. The molecule has 0 saturated carbocycles. The van der Waals surface area contributed by atoms with E-state index in [0.29, 0.717) is 17.9 Å². The summed E-state index contributed by atoms with van der Waals surface area (Å²) >= 11 is 1.47. The number of ether oxygens (including phenoxy) is 1. The van der Waals surface area contributed by atoms with E-state index in [-0.39, 0.29) is 17.7 Å². The van der Waals surface area contributed by atoms with Crippen molar-refractivity contribution >= 4 is 23.6 Å². The van der Waals surface area contributed by atoms with Gasteiger partial charge in [-0.2, -0.15) is 0 Å². The molecule has 2 unspecified atom stereocenters. The molecular weight excluding hydrogens is 284 g/mol. The lowest BCUT2D eigenvalue weighted by Gasteiger charge is -2.25. The van der Waals surface area contributed by atoms with Crippen molar-refractivity contribution in [3.8, 4) is 0 Å². The molecule has 2 heterocycles. The van der Waals surface area contributed by atoms with Crippen LogP contribution in [0.2, 0.25) is 0 Å². The predicted molar refractivity (Wildman–Crippen MR) is 71.3 cm³/mol. The van der Waals surface area contributed by atoms with Gasteiger partial charge in [0.2, 0.25) is 0 Å². The summed E-state index contributed by atoms with van der Waals surface area (Å²) in [4.78, 5) is 25.1. The zero-order valence-corrected chi connectivity index (χ0v) is 12.1. The molecule has 0 aromatic carbocycles. The molecule has 1 aromatic rings. The third-order valence-electron chi connectivity index (χ3n) is 3.03. The lowest BCUT2D eigenvalue weighted by atomic mass is 10.2.